The van der Waals surface area contributed by atoms with Gasteiger partial charge in [-0.15, -0.1) is 11.3 Å². The molecule has 0 unspecified atom stereocenters. The highest BCUT2D eigenvalue weighted by molar-refractivity contribution is 7.12. The number of fused-ring (bicyclic) bond motifs is 1. The highest BCUT2D eigenvalue weighted by atomic mass is 32.1. The molecule has 3 heterocycles. The molecule has 1 aromatic carbocycles. The van der Waals surface area contributed by atoms with E-state index in [9.17, 15) is 9.59 Å². The number of thiophene rings is 1. The number of hydrogen-bond donors (Lipinski definition) is 3. The summed E-state index contributed by atoms with van der Waals surface area (Å²) in [6.45, 7) is 0. The average Bonchev–Trinajstić information content (AvgIpc) is 3.31. The summed E-state index contributed by atoms with van der Waals surface area (Å²) in [5, 5.41) is 7.52. The topological polar surface area (TPSA) is 86.9 Å². The molecule has 0 saturated heterocycles. The third-order valence-corrected chi connectivity index (χ3v) is 4.49. The largest absolute Gasteiger partial charge is 0.345 e. The van der Waals surface area contributed by atoms with Gasteiger partial charge in [0.15, 0.2) is 0 Å². The summed E-state index contributed by atoms with van der Waals surface area (Å²) in [6, 6.07) is 8.94. The van der Waals surface area contributed by atoms with Crippen molar-refractivity contribution in [3.8, 4) is 0 Å². The van der Waals surface area contributed by atoms with Crippen molar-refractivity contribution in [3.63, 3.8) is 0 Å². The van der Waals surface area contributed by atoms with Gasteiger partial charge in [0.05, 0.1) is 28.7 Å². The highest BCUT2D eigenvalue weighted by Crippen LogP contribution is 2.35. The summed E-state index contributed by atoms with van der Waals surface area (Å²) >= 11 is 1.38. The maximum Gasteiger partial charge on any atom is 0.265 e. The smallest absolute Gasteiger partial charge is 0.265 e. The van der Waals surface area contributed by atoms with Gasteiger partial charge < -0.3 is 15.6 Å². The first-order valence-corrected chi connectivity index (χ1v) is 8.09. The summed E-state index contributed by atoms with van der Waals surface area (Å²) in [6.07, 6.45) is 4.93. The number of anilines is 2. The second kappa shape index (κ2) is 5.78. The van der Waals surface area contributed by atoms with Gasteiger partial charge in [-0.3, -0.25) is 9.59 Å². The molecule has 7 heteroatoms. The van der Waals surface area contributed by atoms with Gasteiger partial charge in [0.25, 0.3) is 11.8 Å². The van der Waals surface area contributed by atoms with E-state index < -0.39 is 0 Å². The van der Waals surface area contributed by atoms with Crippen molar-refractivity contribution in [3.05, 3.63) is 64.4 Å². The zero-order valence-corrected chi connectivity index (χ0v) is 13.2. The molecule has 0 radical (unpaired) electrons. The molecule has 2 amide bonds. The number of carbonyl (C=O) groups is 2. The van der Waals surface area contributed by atoms with Gasteiger partial charge in [0, 0.05) is 16.9 Å². The van der Waals surface area contributed by atoms with E-state index >= 15 is 0 Å². The van der Waals surface area contributed by atoms with Crippen LogP contribution >= 0.6 is 11.3 Å². The Bertz CT molecular complexity index is 943. The van der Waals surface area contributed by atoms with E-state index in [4.69, 9.17) is 0 Å². The number of rotatable bonds is 3. The lowest BCUT2D eigenvalue weighted by atomic mass is 10.1. The number of carbonyl (C=O) groups excluding carboxylic acids is 2. The molecule has 118 valence electrons. The number of nitrogens with zero attached hydrogens (tertiary/aromatic N) is 1. The Balaban J connectivity index is 1.66. The molecule has 1 aliphatic heterocycles. The molecule has 2 aromatic heterocycles. The van der Waals surface area contributed by atoms with Gasteiger partial charge in [-0.25, -0.2) is 4.98 Å². The summed E-state index contributed by atoms with van der Waals surface area (Å²) in [5.41, 5.74) is 3.38. The Morgan fingerprint density at radius 1 is 1.29 bits per heavy atom. The molecule has 0 atom stereocenters. The van der Waals surface area contributed by atoms with E-state index in [1.807, 2.05) is 11.4 Å². The van der Waals surface area contributed by atoms with Crippen LogP contribution in [0.25, 0.3) is 11.6 Å². The van der Waals surface area contributed by atoms with Crippen LogP contribution in [0.3, 0.4) is 0 Å². The Morgan fingerprint density at radius 2 is 2.21 bits per heavy atom. The van der Waals surface area contributed by atoms with E-state index in [0.717, 1.165) is 16.9 Å². The first kappa shape index (κ1) is 14.4. The number of H-pyrrole nitrogens is 1. The minimum Gasteiger partial charge on any atom is -0.345 e. The number of amides is 2. The monoisotopic (exact) mass is 336 g/mol. The van der Waals surface area contributed by atoms with Gasteiger partial charge >= 0.3 is 0 Å². The first-order valence-electron chi connectivity index (χ1n) is 7.21. The van der Waals surface area contributed by atoms with Gasteiger partial charge in [0.1, 0.15) is 0 Å². The van der Waals surface area contributed by atoms with Crippen molar-refractivity contribution in [2.75, 3.05) is 10.6 Å². The van der Waals surface area contributed by atoms with Gasteiger partial charge in [-0.1, -0.05) is 6.07 Å². The van der Waals surface area contributed by atoms with Crippen LogP contribution < -0.4 is 10.6 Å². The van der Waals surface area contributed by atoms with Gasteiger partial charge in [0.2, 0.25) is 0 Å². The SMILES string of the molecule is O=C1Nc2ccc(NC(=O)c3cccs3)cc2/C1=C/c1cnc[nH]1. The van der Waals surface area contributed by atoms with Crippen LogP contribution in [0.5, 0.6) is 0 Å². The normalized spacial score (nSPS) is 14.5. The van der Waals surface area contributed by atoms with Crippen molar-refractivity contribution in [1.82, 2.24) is 9.97 Å². The van der Waals surface area contributed by atoms with Crippen LogP contribution in [-0.2, 0) is 4.79 Å². The molecule has 4 rings (SSSR count). The predicted octanol–water partition coefficient (Wildman–Crippen LogP) is 3.22. The molecular formula is C17H12N4O2S. The van der Waals surface area contributed by atoms with Crippen LogP contribution in [0.4, 0.5) is 11.4 Å². The third kappa shape index (κ3) is 2.61. The number of hydrogen-bond acceptors (Lipinski definition) is 4. The summed E-state index contributed by atoms with van der Waals surface area (Å²) in [7, 11) is 0. The fraction of sp³-hybridized carbons (Fsp3) is 0. The molecule has 0 spiro atoms. The van der Waals surface area contributed by atoms with E-state index in [2.05, 4.69) is 20.6 Å². The molecule has 0 fully saturated rings. The molecule has 0 bridgehead atoms. The minimum absolute atomic E-state index is 0.165. The number of benzene rings is 1. The molecule has 1 aliphatic rings. The summed E-state index contributed by atoms with van der Waals surface area (Å²) in [5.74, 6) is -0.345. The van der Waals surface area contributed by atoms with Crippen molar-refractivity contribution in [2.45, 2.75) is 0 Å². The van der Waals surface area contributed by atoms with Crippen molar-refractivity contribution >= 4 is 46.2 Å². The molecule has 6 nitrogen and oxygen atoms in total. The van der Waals surface area contributed by atoms with E-state index in [0.29, 0.717) is 16.1 Å². The van der Waals surface area contributed by atoms with E-state index in [1.54, 1.807) is 42.9 Å². The third-order valence-electron chi connectivity index (χ3n) is 3.62. The Labute approximate surface area is 141 Å². The predicted molar refractivity (Wildman–Crippen MR) is 93.8 cm³/mol. The van der Waals surface area contributed by atoms with E-state index in [1.165, 1.54) is 11.3 Å². The van der Waals surface area contributed by atoms with Crippen molar-refractivity contribution < 1.29 is 9.59 Å². The second-order valence-electron chi connectivity index (χ2n) is 5.21. The fourth-order valence-corrected chi connectivity index (χ4v) is 3.13. The van der Waals surface area contributed by atoms with E-state index in [-0.39, 0.29) is 11.8 Å². The fourth-order valence-electron chi connectivity index (χ4n) is 2.51. The second-order valence-corrected chi connectivity index (χ2v) is 6.16. The van der Waals surface area contributed by atoms with Crippen molar-refractivity contribution in [1.29, 1.82) is 0 Å². The Kier molecular flexibility index (Phi) is 3.47. The van der Waals surface area contributed by atoms with Gasteiger partial charge in [-0.2, -0.15) is 0 Å². The lowest BCUT2D eigenvalue weighted by Crippen LogP contribution is -2.10. The zero-order valence-electron chi connectivity index (χ0n) is 12.4. The summed E-state index contributed by atoms with van der Waals surface area (Å²) < 4.78 is 0. The van der Waals surface area contributed by atoms with Crippen LogP contribution in [0.15, 0.2) is 48.2 Å². The van der Waals surface area contributed by atoms with Crippen LogP contribution in [0.1, 0.15) is 20.9 Å². The first-order chi connectivity index (χ1) is 11.7. The quantitative estimate of drug-likeness (QED) is 0.642. The highest BCUT2D eigenvalue weighted by Gasteiger charge is 2.24. The number of aromatic amines is 1. The zero-order chi connectivity index (χ0) is 16.5. The number of aromatic nitrogens is 2. The lowest BCUT2D eigenvalue weighted by Gasteiger charge is -2.06. The Hall–Kier alpha value is -3.19. The number of nitrogens with one attached hydrogen (secondary N) is 3. The molecule has 3 aromatic rings. The molecule has 3 N–H and O–H groups in total. The maximum atomic E-state index is 12.2. The average molecular weight is 336 g/mol. The number of imidazole rings is 1. The standard InChI is InChI=1S/C17H12N4O2S/c22-16-13(7-11-8-18-9-19-11)12-6-10(3-4-14(12)21-16)20-17(23)15-2-1-5-24-15/h1-9H,(H,18,19)(H,20,23)(H,21,22)/b13-7-. The van der Waals surface area contributed by atoms with Crippen LogP contribution in [0, 0.1) is 0 Å². The lowest BCUT2D eigenvalue weighted by molar-refractivity contribution is -0.110. The molecule has 0 saturated carbocycles. The van der Waals surface area contributed by atoms with Crippen molar-refractivity contribution in [2.24, 2.45) is 0 Å². The van der Waals surface area contributed by atoms with Crippen LogP contribution in [-0.4, -0.2) is 21.8 Å². The Morgan fingerprint density at radius 3 is 2.96 bits per heavy atom. The molecule has 0 aliphatic carbocycles. The molecular weight excluding hydrogens is 324 g/mol. The van der Waals surface area contributed by atoms with Gasteiger partial charge in [-0.05, 0) is 35.7 Å². The molecule has 24 heavy (non-hydrogen) atoms. The minimum atomic E-state index is -0.179. The summed E-state index contributed by atoms with van der Waals surface area (Å²) in [4.78, 5) is 31.9. The van der Waals surface area contributed by atoms with Crippen LogP contribution in [0.2, 0.25) is 0 Å². The maximum absolute atomic E-state index is 12.2.